The van der Waals surface area contributed by atoms with Crippen molar-refractivity contribution in [1.82, 2.24) is 9.55 Å². The van der Waals surface area contributed by atoms with Gasteiger partial charge < -0.3 is 29.9 Å². The minimum absolute atomic E-state index is 0.324. The maximum atomic E-state index is 7.55. The number of rotatable bonds is 6. The maximum absolute atomic E-state index is 7.55. The van der Waals surface area contributed by atoms with Gasteiger partial charge in [0.15, 0.2) is 23.4 Å². The van der Waals surface area contributed by atoms with Crippen molar-refractivity contribution >= 4 is 22.8 Å². The Labute approximate surface area is 162 Å². The first kappa shape index (κ1) is 18.1. The van der Waals surface area contributed by atoms with E-state index in [2.05, 4.69) is 4.57 Å². The second-order valence-electron chi connectivity index (χ2n) is 6.45. The molecule has 1 unspecified atom stereocenters. The topological polar surface area (TPSA) is 95.4 Å². The van der Waals surface area contributed by atoms with Crippen LogP contribution in [0.3, 0.4) is 0 Å². The molecular formula is C21H22N4O3. The van der Waals surface area contributed by atoms with Gasteiger partial charge in [-0.05, 0) is 29.8 Å². The van der Waals surface area contributed by atoms with Crippen molar-refractivity contribution in [3.8, 4) is 11.5 Å². The molecule has 0 fully saturated rings. The highest BCUT2D eigenvalue weighted by Crippen LogP contribution is 2.36. The predicted octanol–water partition coefficient (Wildman–Crippen LogP) is 3.14. The quantitative estimate of drug-likeness (QED) is 0.643. The summed E-state index contributed by atoms with van der Waals surface area (Å²) in [4.78, 5) is 4.81. The number of nitrogens with two attached hydrogens (primary N) is 1. The highest BCUT2D eigenvalue weighted by Gasteiger charge is 2.27. The standard InChI is InChI=1S/C21H22N4O3/c1-26-9-8-25-17-10-14(15(11-22)12-23)6-7-16(17)24-21(25)20-13-27-18-4-2-3-5-19(18)28-20/h2-7,10-12,20,22H,8-9,13,23H2,1H3/b15-12+,22-11?. The summed E-state index contributed by atoms with van der Waals surface area (Å²) in [6.45, 7) is 1.55. The van der Waals surface area contributed by atoms with Gasteiger partial charge in [-0.25, -0.2) is 4.98 Å². The van der Waals surface area contributed by atoms with E-state index in [9.17, 15) is 0 Å². The van der Waals surface area contributed by atoms with E-state index < -0.39 is 0 Å². The third kappa shape index (κ3) is 3.20. The van der Waals surface area contributed by atoms with Crippen LogP contribution >= 0.6 is 0 Å². The summed E-state index contributed by atoms with van der Waals surface area (Å²) in [6, 6.07) is 13.5. The number of allylic oxidation sites excluding steroid dienone is 1. The van der Waals surface area contributed by atoms with Gasteiger partial charge in [-0.3, -0.25) is 0 Å². The fourth-order valence-electron chi connectivity index (χ4n) is 3.36. The van der Waals surface area contributed by atoms with Gasteiger partial charge in [0.05, 0.1) is 17.6 Å². The van der Waals surface area contributed by atoms with E-state index >= 15 is 0 Å². The van der Waals surface area contributed by atoms with Gasteiger partial charge in [-0.1, -0.05) is 18.2 Å². The van der Waals surface area contributed by atoms with Crippen molar-refractivity contribution in [2.24, 2.45) is 5.73 Å². The van der Waals surface area contributed by atoms with Crippen LogP contribution in [0.5, 0.6) is 11.5 Å². The third-order valence-corrected chi connectivity index (χ3v) is 4.76. The molecule has 1 atom stereocenters. The highest BCUT2D eigenvalue weighted by atomic mass is 16.6. The number of nitrogens with zero attached hydrogens (tertiary/aromatic N) is 2. The summed E-state index contributed by atoms with van der Waals surface area (Å²) in [5.74, 6) is 2.23. The molecule has 144 valence electrons. The Kier molecular flexibility index (Phi) is 4.99. The molecule has 0 saturated carbocycles. The molecule has 2 heterocycles. The van der Waals surface area contributed by atoms with Crippen LogP contribution < -0.4 is 15.2 Å². The van der Waals surface area contributed by atoms with E-state index in [-0.39, 0.29) is 6.10 Å². The van der Waals surface area contributed by atoms with Crippen LogP contribution in [-0.4, -0.2) is 36.1 Å². The lowest BCUT2D eigenvalue weighted by molar-refractivity contribution is 0.0812. The van der Waals surface area contributed by atoms with Gasteiger partial charge in [-0.15, -0.1) is 0 Å². The van der Waals surface area contributed by atoms with Crippen LogP contribution in [0.15, 0.2) is 48.7 Å². The smallest absolute Gasteiger partial charge is 0.190 e. The lowest BCUT2D eigenvalue weighted by Gasteiger charge is -2.26. The molecule has 1 aliphatic rings. The average Bonchev–Trinajstić information content (AvgIpc) is 3.10. The average molecular weight is 378 g/mol. The first-order chi connectivity index (χ1) is 13.7. The van der Waals surface area contributed by atoms with Crippen LogP contribution in [0.1, 0.15) is 17.5 Å². The second kappa shape index (κ2) is 7.74. The minimum Gasteiger partial charge on any atom is -0.485 e. The molecule has 0 saturated heterocycles. The van der Waals surface area contributed by atoms with Crippen LogP contribution in [0.2, 0.25) is 0 Å². The fourth-order valence-corrected chi connectivity index (χ4v) is 3.36. The zero-order chi connectivity index (χ0) is 19.5. The monoisotopic (exact) mass is 378 g/mol. The number of hydrogen-bond acceptors (Lipinski definition) is 6. The zero-order valence-corrected chi connectivity index (χ0v) is 15.6. The Bertz CT molecular complexity index is 1040. The lowest BCUT2D eigenvalue weighted by atomic mass is 10.1. The molecule has 4 rings (SSSR count). The highest BCUT2D eigenvalue weighted by molar-refractivity contribution is 6.09. The van der Waals surface area contributed by atoms with Crippen LogP contribution in [-0.2, 0) is 11.3 Å². The molecule has 7 nitrogen and oxygen atoms in total. The Balaban J connectivity index is 1.78. The molecule has 0 spiro atoms. The summed E-state index contributed by atoms with van der Waals surface area (Å²) in [5, 5.41) is 7.55. The van der Waals surface area contributed by atoms with Gasteiger partial charge in [0.25, 0.3) is 0 Å². The number of ether oxygens (including phenoxy) is 3. The first-order valence-electron chi connectivity index (χ1n) is 9.05. The number of fused-ring (bicyclic) bond motifs is 2. The molecule has 0 radical (unpaired) electrons. The number of methoxy groups -OCH3 is 1. The molecule has 0 bridgehead atoms. The third-order valence-electron chi connectivity index (χ3n) is 4.76. The Morgan fingerprint density at radius 3 is 2.89 bits per heavy atom. The Morgan fingerprint density at radius 1 is 1.32 bits per heavy atom. The van der Waals surface area contributed by atoms with Crippen LogP contribution in [0.4, 0.5) is 0 Å². The predicted molar refractivity (Wildman–Crippen MR) is 108 cm³/mol. The normalized spacial score (nSPS) is 16.3. The lowest BCUT2D eigenvalue weighted by Crippen LogP contribution is -2.25. The van der Waals surface area contributed by atoms with Gasteiger partial charge >= 0.3 is 0 Å². The van der Waals surface area contributed by atoms with Crippen molar-refractivity contribution in [2.45, 2.75) is 12.6 Å². The van der Waals surface area contributed by atoms with Crippen molar-refractivity contribution in [3.05, 3.63) is 60.1 Å². The summed E-state index contributed by atoms with van der Waals surface area (Å²) < 4.78 is 19.4. The van der Waals surface area contributed by atoms with E-state index in [1.165, 1.54) is 12.4 Å². The number of imidazole rings is 1. The summed E-state index contributed by atoms with van der Waals surface area (Å²) in [5.41, 5.74) is 8.95. The van der Waals surface area contributed by atoms with Crippen molar-refractivity contribution in [1.29, 1.82) is 5.41 Å². The molecule has 3 aromatic rings. The van der Waals surface area contributed by atoms with Gasteiger partial charge in [-0.2, -0.15) is 0 Å². The molecule has 3 N–H and O–H groups in total. The van der Waals surface area contributed by atoms with Gasteiger partial charge in [0.2, 0.25) is 0 Å². The molecular weight excluding hydrogens is 356 g/mol. The van der Waals surface area contributed by atoms with Crippen molar-refractivity contribution < 1.29 is 14.2 Å². The maximum Gasteiger partial charge on any atom is 0.190 e. The summed E-state index contributed by atoms with van der Waals surface area (Å²) >= 11 is 0. The first-order valence-corrected chi connectivity index (χ1v) is 9.05. The van der Waals surface area contributed by atoms with Crippen molar-refractivity contribution in [3.63, 3.8) is 0 Å². The molecule has 1 aromatic heterocycles. The molecule has 7 heteroatoms. The van der Waals surface area contributed by atoms with Gasteiger partial charge in [0.1, 0.15) is 6.61 Å². The minimum atomic E-state index is -0.324. The van der Waals surface area contributed by atoms with E-state index in [1.807, 2.05) is 42.5 Å². The second-order valence-corrected chi connectivity index (χ2v) is 6.45. The molecule has 0 amide bonds. The number of hydrogen-bond donors (Lipinski definition) is 2. The number of para-hydroxylation sites is 2. The zero-order valence-electron chi connectivity index (χ0n) is 15.6. The molecule has 2 aromatic carbocycles. The van der Waals surface area contributed by atoms with E-state index in [4.69, 9.17) is 30.3 Å². The fraction of sp³-hybridized carbons (Fsp3) is 0.238. The SMILES string of the molecule is COCCn1c(C2COc3ccccc3O2)nc2ccc(/C(C=N)=C/N)cc21. The van der Waals surface area contributed by atoms with Crippen molar-refractivity contribution in [2.75, 3.05) is 20.3 Å². The Hall–Kier alpha value is -3.32. The molecule has 28 heavy (non-hydrogen) atoms. The number of nitrogens with one attached hydrogen (secondary N) is 1. The van der Waals surface area contributed by atoms with Gasteiger partial charge in [0, 0.05) is 31.6 Å². The van der Waals surface area contributed by atoms with E-state index in [0.717, 1.165) is 28.2 Å². The number of benzene rings is 2. The summed E-state index contributed by atoms with van der Waals surface area (Å²) in [7, 11) is 1.67. The number of aromatic nitrogens is 2. The largest absolute Gasteiger partial charge is 0.485 e. The van der Waals surface area contributed by atoms with E-state index in [0.29, 0.717) is 31.1 Å². The summed E-state index contributed by atoms with van der Waals surface area (Å²) in [6.07, 6.45) is 2.35. The molecule has 1 aliphatic heterocycles. The van der Waals surface area contributed by atoms with Crippen LogP contribution in [0.25, 0.3) is 16.6 Å². The Morgan fingerprint density at radius 2 is 2.14 bits per heavy atom. The van der Waals surface area contributed by atoms with E-state index in [1.54, 1.807) is 7.11 Å². The van der Waals surface area contributed by atoms with Crippen LogP contribution in [0, 0.1) is 5.41 Å². The molecule has 0 aliphatic carbocycles.